The minimum Gasteiger partial charge on any atom is -0.495 e. The molecule has 1 saturated heterocycles. The fourth-order valence-electron chi connectivity index (χ4n) is 3.62. The zero-order chi connectivity index (χ0) is 15.1. The number of hydrogen-bond acceptors (Lipinski definition) is 4. The fourth-order valence-corrected chi connectivity index (χ4v) is 3.62. The molecule has 2 aliphatic heterocycles. The first-order valence-electron chi connectivity index (χ1n) is 7.70. The summed E-state index contributed by atoms with van der Waals surface area (Å²) in [5.41, 5.74) is 2.93. The van der Waals surface area contributed by atoms with Crippen molar-refractivity contribution in [2.24, 2.45) is 5.92 Å². The first kappa shape index (κ1) is 13.5. The summed E-state index contributed by atoms with van der Waals surface area (Å²) >= 11 is 0. The maximum atomic E-state index is 12.5. The van der Waals surface area contributed by atoms with Gasteiger partial charge in [0.05, 0.1) is 19.0 Å². The molecule has 1 N–H and O–H groups in total. The average molecular weight is 297 g/mol. The highest BCUT2D eigenvalue weighted by Crippen LogP contribution is 2.33. The Morgan fingerprint density at radius 2 is 2.23 bits per heavy atom. The Kier molecular flexibility index (Phi) is 3.22. The molecule has 5 nitrogen and oxygen atoms in total. The Bertz CT molecular complexity index is 751. The van der Waals surface area contributed by atoms with Crippen LogP contribution in [-0.2, 0) is 6.54 Å². The summed E-state index contributed by atoms with van der Waals surface area (Å²) in [4.78, 5) is 16.9. The summed E-state index contributed by atoms with van der Waals surface area (Å²) in [7, 11) is 1.62. The van der Waals surface area contributed by atoms with E-state index in [1.165, 1.54) is 6.42 Å². The maximum absolute atomic E-state index is 12.5. The molecule has 0 aromatic carbocycles. The Labute approximate surface area is 129 Å². The highest BCUT2D eigenvalue weighted by Gasteiger charge is 2.31. The maximum Gasteiger partial charge on any atom is 0.251 e. The van der Waals surface area contributed by atoms with Crippen LogP contribution in [0.1, 0.15) is 18.0 Å². The smallest absolute Gasteiger partial charge is 0.251 e. The minimum atomic E-state index is 0.0849. The van der Waals surface area contributed by atoms with Crippen LogP contribution in [0.2, 0.25) is 0 Å². The molecule has 0 unspecified atom stereocenters. The first-order valence-corrected chi connectivity index (χ1v) is 7.70. The summed E-state index contributed by atoms with van der Waals surface area (Å²) < 4.78 is 7.09. The third-order valence-electron chi connectivity index (χ3n) is 4.73. The molecule has 22 heavy (non-hydrogen) atoms. The van der Waals surface area contributed by atoms with Gasteiger partial charge in [0.25, 0.3) is 5.56 Å². The summed E-state index contributed by atoms with van der Waals surface area (Å²) in [6.45, 7) is 2.80. The van der Waals surface area contributed by atoms with E-state index in [9.17, 15) is 4.79 Å². The lowest BCUT2D eigenvalue weighted by molar-refractivity contribution is 0.257. The number of fused-ring (bicyclic) bond motifs is 4. The van der Waals surface area contributed by atoms with E-state index in [0.29, 0.717) is 11.8 Å². The lowest BCUT2D eigenvalue weighted by atomic mass is 9.83. The molecule has 1 fully saturated rings. The number of piperidine rings is 1. The van der Waals surface area contributed by atoms with Gasteiger partial charge < -0.3 is 14.6 Å². The van der Waals surface area contributed by atoms with Gasteiger partial charge >= 0.3 is 0 Å². The van der Waals surface area contributed by atoms with Gasteiger partial charge in [0.1, 0.15) is 5.75 Å². The minimum absolute atomic E-state index is 0.0849. The standard InChI is InChI=1S/C17H19N3O2/c1-22-14-2-3-15(19-9-14)12-5-16-13-4-11(7-18-8-13)10-20(16)17(21)6-12/h2-3,5-6,9,11,13,18H,4,7-8,10H2,1H3/t11-,13+/m0/s1. The molecule has 0 saturated carbocycles. The zero-order valence-electron chi connectivity index (χ0n) is 12.6. The van der Waals surface area contributed by atoms with Crippen molar-refractivity contribution >= 4 is 0 Å². The Morgan fingerprint density at radius 3 is 3.00 bits per heavy atom. The van der Waals surface area contributed by atoms with Crippen molar-refractivity contribution in [3.63, 3.8) is 0 Å². The van der Waals surface area contributed by atoms with Gasteiger partial charge in [-0.1, -0.05) is 0 Å². The van der Waals surface area contributed by atoms with Crippen molar-refractivity contribution in [3.8, 4) is 17.0 Å². The number of ether oxygens (including phenoxy) is 1. The molecular formula is C17H19N3O2. The van der Waals surface area contributed by atoms with Crippen molar-refractivity contribution in [1.82, 2.24) is 14.9 Å². The van der Waals surface area contributed by atoms with Crippen LogP contribution in [0.3, 0.4) is 0 Å². The largest absolute Gasteiger partial charge is 0.495 e. The SMILES string of the molecule is COc1ccc(-c2cc3n(c(=O)c2)C[C@@H]2CNC[C@H]3C2)nc1. The molecule has 4 heterocycles. The lowest BCUT2D eigenvalue weighted by Crippen LogP contribution is -2.44. The van der Waals surface area contributed by atoms with Crippen LogP contribution in [0.15, 0.2) is 35.3 Å². The van der Waals surface area contributed by atoms with Crippen LogP contribution in [0.25, 0.3) is 11.3 Å². The Balaban J connectivity index is 1.79. The van der Waals surface area contributed by atoms with Crippen LogP contribution >= 0.6 is 0 Å². The summed E-state index contributed by atoms with van der Waals surface area (Å²) in [5.74, 6) is 1.73. The number of methoxy groups -OCH3 is 1. The number of rotatable bonds is 2. The fraction of sp³-hybridized carbons (Fsp3) is 0.412. The molecule has 2 aromatic rings. The summed E-state index contributed by atoms with van der Waals surface area (Å²) in [6, 6.07) is 7.60. The zero-order valence-corrected chi connectivity index (χ0v) is 12.6. The van der Waals surface area contributed by atoms with Crippen molar-refractivity contribution < 1.29 is 4.74 Å². The molecule has 0 radical (unpaired) electrons. The van der Waals surface area contributed by atoms with Crippen molar-refractivity contribution in [1.29, 1.82) is 0 Å². The van der Waals surface area contributed by atoms with Crippen LogP contribution in [0.5, 0.6) is 5.75 Å². The van der Waals surface area contributed by atoms with Gasteiger partial charge in [0.15, 0.2) is 0 Å². The van der Waals surface area contributed by atoms with E-state index in [2.05, 4.69) is 16.4 Å². The molecular weight excluding hydrogens is 278 g/mol. The molecule has 0 amide bonds. The molecule has 2 bridgehead atoms. The Morgan fingerprint density at radius 1 is 1.32 bits per heavy atom. The number of hydrogen-bond donors (Lipinski definition) is 1. The predicted octanol–water partition coefficient (Wildman–Crippen LogP) is 1.63. The summed E-state index contributed by atoms with van der Waals surface area (Å²) in [5, 5.41) is 3.47. The second-order valence-corrected chi connectivity index (χ2v) is 6.16. The third kappa shape index (κ3) is 2.22. The first-order chi connectivity index (χ1) is 10.7. The molecule has 114 valence electrons. The topological polar surface area (TPSA) is 56.1 Å². The second-order valence-electron chi connectivity index (χ2n) is 6.16. The van der Waals surface area contributed by atoms with Gasteiger partial charge in [-0.15, -0.1) is 0 Å². The van der Waals surface area contributed by atoms with Gasteiger partial charge in [-0.05, 0) is 37.1 Å². The molecule has 0 aliphatic carbocycles. The highest BCUT2D eigenvalue weighted by atomic mass is 16.5. The molecule has 2 aliphatic rings. The van der Waals surface area contributed by atoms with E-state index in [1.54, 1.807) is 19.4 Å². The normalized spacial score (nSPS) is 23.0. The van der Waals surface area contributed by atoms with Gasteiger partial charge in [-0.3, -0.25) is 9.78 Å². The number of nitrogens with one attached hydrogen (secondary N) is 1. The van der Waals surface area contributed by atoms with Gasteiger partial charge in [-0.2, -0.15) is 0 Å². The van der Waals surface area contributed by atoms with E-state index in [1.807, 2.05) is 16.7 Å². The van der Waals surface area contributed by atoms with Gasteiger partial charge in [0.2, 0.25) is 0 Å². The van der Waals surface area contributed by atoms with E-state index in [4.69, 9.17) is 4.74 Å². The van der Waals surface area contributed by atoms with Crippen molar-refractivity contribution in [2.75, 3.05) is 20.2 Å². The van der Waals surface area contributed by atoms with Crippen LogP contribution in [0, 0.1) is 5.92 Å². The van der Waals surface area contributed by atoms with E-state index in [-0.39, 0.29) is 5.56 Å². The molecule has 4 rings (SSSR count). The van der Waals surface area contributed by atoms with Crippen LogP contribution in [0.4, 0.5) is 0 Å². The average Bonchev–Trinajstić information content (AvgIpc) is 2.56. The van der Waals surface area contributed by atoms with Crippen molar-refractivity contribution in [2.45, 2.75) is 18.9 Å². The number of nitrogens with zero attached hydrogens (tertiary/aromatic N) is 2. The van der Waals surface area contributed by atoms with Gasteiger partial charge in [0, 0.05) is 36.3 Å². The highest BCUT2D eigenvalue weighted by molar-refractivity contribution is 5.60. The summed E-state index contributed by atoms with van der Waals surface area (Å²) in [6.07, 6.45) is 2.86. The number of pyridine rings is 2. The monoisotopic (exact) mass is 297 g/mol. The van der Waals surface area contributed by atoms with Crippen LogP contribution < -0.4 is 15.6 Å². The van der Waals surface area contributed by atoms with E-state index in [0.717, 1.165) is 42.3 Å². The van der Waals surface area contributed by atoms with E-state index >= 15 is 0 Å². The Hall–Kier alpha value is -2.14. The second kappa shape index (κ2) is 5.25. The molecule has 0 spiro atoms. The van der Waals surface area contributed by atoms with Crippen molar-refractivity contribution in [3.05, 3.63) is 46.5 Å². The number of aromatic nitrogens is 2. The van der Waals surface area contributed by atoms with Gasteiger partial charge in [-0.25, -0.2) is 0 Å². The predicted molar refractivity (Wildman–Crippen MR) is 84.2 cm³/mol. The molecule has 5 heteroatoms. The van der Waals surface area contributed by atoms with Crippen LogP contribution in [-0.4, -0.2) is 29.8 Å². The third-order valence-corrected chi connectivity index (χ3v) is 4.73. The lowest BCUT2D eigenvalue weighted by Gasteiger charge is -2.37. The molecule has 2 aromatic heterocycles. The van der Waals surface area contributed by atoms with E-state index < -0.39 is 0 Å². The quantitative estimate of drug-likeness (QED) is 0.915. The molecule has 2 atom stereocenters.